The monoisotopic (exact) mass is 609 g/mol. The summed E-state index contributed by atoms with van der Waals surface area (Å²) in [6.07, 6.45) is 0. The summed E-state index contributed by atoms with van der Waals surface area (Å²) in [7, 11) is 0. The Balaban J connectivity index is 1.41. The number of aromatic nitrogens is 1. The van der Waals surface area contributed by atoms with E-state index >= 15 is 0 Å². The van der Waals surface area contributed by atoms with Gasteiger partial charge in [0.1, 0.15) is 0 Å². The van der Waals surface area contributed by atoms with Gasteiger partial charge in [0.15, 0.2) is 0 Å². The van der Waals surface area contributed by atoms with Gasteiger partial charge in [-0.25, -0.2) is 0 Å². The van der Waals surface area contributed by atoms with E-state index < -0.39 is 0 Å². The van der Waals surface area contributed by atoms with E-state index in [9.17, 15) is 0 Å². The van der Waals surface area contributed by atoms with E-state index in [0.29, 0.717) is 0 Å². The smallest absolute Gasteiger partial charge is 0.0548 e. The first-order chi connectivity index (χ1) is 23.6. The fourth-order valence-electron chi connectivity index (χ4n) is 9.16. The van der Waals surface area contributed by atoms with Gasteiger partial charge in [-0.2, -0.15) is 0 Å². The minimum absolute atomic E-state index is 0.100. The summed E-state index contributed by atoms with van der Waals surface area (Å²) < 4.78 is 2.56. The lowest BCUT2D eigenvalue weighted by Gasteiger charge is -2.22. The molecule has 0 spiro atoms. The number of benzene rings is 8. The maximum atomic E-state index is 2.56. The van der Waals surface area contributed by atoms with Crippen LogP contribution in [0.2, 0.25) is 0 Å². The van der Waals surface area contributed by atoms with Gasteiger partial charge in [-0.1, -0.05) is 141 Å². The molecule has 0 radical (unpaired) electrons. The summed E-state index contributed by atoms with van der Waals surface area (Å²) in [6.45, 7) is 4.80. The van der Waals surface area contributed by atoms with Crippen molar-refractivity contribution in [2.45, 2.75) is 19.3 Å². The van der Waals surface area contributed by atoms with Crippen LogP contribution in [-0.2, 0) is 5.41 Å². The molecule has 11 rings (SSSR count). The Bertz CT molecular complexity index is 3010. The highest BCUT2D eigenvalue weighted by molar-refractivity contribution is 6.35. The van der Waals surface area contributed by atoms with Crippen molar-refractivity contribution in [1.82, 2.24) is 4.57 Å². The lowest BCUT2D eigenvalue weighted by molar-refractivity contribution is 0.663. The van der Waals surface area contributed by atoms with Gasteiger partial charge in [-0.15, -0.1) is 0 Å². The Hall–Kier alpha value is -5.92. The van der Waals surface area contributed by atoms with E-state index in [2.05, 4.69) is 170 Å². The number of hydrogen-bond donors (Lipinski definition) is 0. The molecule has 0 saturated carbocycles. The van der Waals surface area contributed by atoms with Gasteiger partial charge in [0.2, 0.25) is 0 Å². The van der Waals surface area contributed by atoms with Gasteiger partial charge in [0.05, 0.1) is 16.7 Å². The molecule has 1 heteroatoms. The second kappa shape index (κ2) is 9.12. The fourth-order valence-corrected chi connectivity index (χ4v) is 9.16. The predicted molar refractivity (Wildman–Crippen MR) is 206 cm³/mol. The van der Waals surface area contributed by atoms with Crippen molar-refractivity contribution in [2.24, 2.45) is 0 Å². The zero-order chi connectivity index (χ0) is 31.7. The molecule has 48 heavy (non-hydrogen) atoms. The maximum absolute atomic E-state index is 2.56. The van der Waals surface area contributed by atoms with Gasteiger partial charge in [0, 0.05) is 21.8 Å². The highest BCUT2D eigenvalue weighted by Gasteiger charge is 2.35. The molecule has 0 atom stereocenters. The summed E-state index contributed by atoms with van der Waals surface area (Å²) >= 11 is 0. The number of hydrogen-bond acceptors (Lipinski definition) is 0. The lowest BCUT2D eigenvalue weighted by atomic mass is 9.81. The summed E-state index contributed by atoms with van der Waals surface area (Å²) in [6, 6.07) is 56.8. The molecule has 0 amide bonds. The largest absolute Gasteiger partial charge is 0.309 e. The van der Waals surface area contributed by atoms with Crippen LogP contribution in [0.1, 0.15) is 25.0 Å². The van der Waals surface area contributed by atoms with Crippen molar-refractivity contribution in [2.75, 3.05) is 0 Å². The molecule has 0 aliphatic heterocycles. The summed E-state index contributed by atoms with van der Waals surface area (Å²) in [5.41, 5.74) is 8.90. The van der Waals surface area contributed by atoms with Crippen LogP contribution in [-0.4, -0.2) is 4.57 Å². The first-order valence-electron chi connectivity index (χ1n) is 17.0. The predicted octanol–water partition coefficient (Wildman–Crippen LogP) is 12.9. The topological polar surface area (TPSA) is 4.93 Å². The highest BCUT2D eigenvalue weighted by Crippen LogP contribution is 2.53. The minimum atomic E-state index is -0.100. The summed E-state index contributed by atoms with van der Waals surface area (Å²) in [5.74, 6) is 0. The van der Waals surface area contributed by atoms with E-state index in [1.807, 2.05) is 0 Å². The third-order valence-electron chi connectivity index (χ3n) is 11.3. The molecule has 0 bridgehead atoms. The molecule has 0 N–H and O–H groups in total. The second-order valence-electron chi connectivity index (χ2n) is 14.1. The molecule has 9 aromatic carbocycles. The molecular formula is C47H31N. The van der Waals surface area contributed by atoms with Crippen molar-refractivity contribution < 1.29 is 0 Å². The van der Waals surface area contributed by atoms with Crippen molar-refractivity contribution in [1.29, 1.82) is 0 Å². The van der Waals surface area contributed by atoms with Crippen LogP contribution in [0.4, 0.5) is 0 Å². The minimum Gasteiger partial charge on any atom is -0.309 e. The van der Waals surface area contributed by atoms with Gasteiger partial charge >= 0.3 is 0 Å². The Morgan fingerprint density at radius 3 is 1.83 bits per heavy atom. The normalized spacial score (nSPS) is 13.8. The average Bonchev–Trinajstić information content (AvgIpc) is 3.59. The highest BCUT2D eigenvalue weighted by atomic mass is 15.0. The molecule has 1 nitrogen and oxygen atoms in total. The van der Waals surface area contributed by atoms with Gasteiger partial charge in [0.25, 0.3) is 0 Å². The number of nitrogens with zero attached hydrogens (tertiary/aromatic N) is 1. The molecule has 1 aromatic heterocycles. The van der Waals surface area contributed by atoms with E-state index in [1.54, 1.807) is 0 Å². The van der Waals surface area contributed by atoms with Crippen LogP contribution in [0.25, 0.3) is 92.5 Å². The third-order valence-corrected chi connectivity index (χ3v) is 11.3. The molecule has 1 aliphatic rings. The van der Waals surface area contributed by atoms with Gasteiger partial charge in [-0.05, 0) is 94.8 Å². The molecule has 1 heterocycles. The number of rotatable bonds is 2. The molecule has 0 saturated heterocycles. The second-order valence-corrected chi connectivity index (χ2v) is 14.1. The maximum Gasteiger partial charge on any atom is 0.0548 e. The van der Waals surface area contributed by atoms with Crippen LogP contribution in [0.3, 0.4) is 0 Å². The number of fused-ring (bicyclic) bond motifs is 6. The van der Waals surface area contributed by atoms with E-state index in [4.69, 9.17) is 0 Å². The van der Waals surface area contributed by atoms with Crippen molar-refractivity contribution in [3.63, 3.8) is 0 Å². The van der Waals surface area contributed by atoms with E-state index in [0.717, 1.165) is 0 Å². The Labute approximate surface area is 278 Å². The van der Waals surface area contributed by atoms with E-state index in [-0.39, 0.29) is 5.41 Å². The molecule has 0 unspecified atom stereocenters. The summed E-state index contributed by atoms with van der Waals surface area (Å²) in [5, 5.41) is 15.8. The lowest BCUT2D eigenvalue weighted by Crippen LogP contribution is -2.15. The van der Waals surface area contributed by atoms with Crippen LogP contribution >= 0.6 is 0 Å². The molecule has 224 valence electrons. The molecule has 1 aliphatic carbocycles. The Morgan fingerprint density at radius 2 is 1.02 bits per heavy atom. The third kappa shape index (κ3) is 3.21. The zero-order valence-electron chi connectivity index (χ0n) is 26.9. The molecule has 0 fully saturated rings. The fraction of sp³-hybridized carbons (Fsp3) is 0.0638. The first-order valence-corrected chi connectivity index (χ1v) is 17.0. The average molecular weight is 610 g/mol. The van der Waals surface area contributed by atoms with Crippen LogP contribution in [0.5, 0.6) is 0 Å². The van der Waals surface area contributed by atoms with Crippen molar-refractivity contribution in [3.05, 3.63) is 163 Å². The van der Waals surface area contributed by atoms with Gasteiger partial charge in [-0.3, -0.25) is 0 Å². The molecular weight excluding hydrogens is 579 g/mol. The first kappa shape index (κ1) is 26.2. The summed E-state index contributed by atoms with van der Waals surface area (Å²) in [4.78, 5) is 0. The van der Waals surface area contributed by atoms with E-state index in [1.165, 1.54) is 104 Å². The standard InChI is InChI=1S/C47H31N/c1-47(2)38-20-10-18-34-32-16-8-9-17-33(32)35-19-11-21-40-44(35)46-41(25-24-39(47)45(46)43(34)38)48(40)42-26-30-23-22-29-14-6-7-15-31(29)36(30)27-37(42)28-12-4-3-5-13-28/h3-27H,1-2H3. The van der Waals surface area contributed by atoms with Crippen molar-refractivity contribution in [3.8, 4) is 16.8 Å². The quantitative estimate of drug-likeness (QED) is 0.172. The van der Waals surface area contributed by atoms with Crippen LogP contribution in [0, 0.1) is 0 Å². The van der Waals surface area contributed by atoms with Crippen molar-refractivity contribution >= 4 is 75.7 Å². The Morgan fingerprint density at radius 1 is 0.396 bits per heavy atom. The zero-order valence-corrected chi connectivity index (χ0v) is 26.9. The Kier molecular flexibility index (Phi) is 4.97. The molecule has 10 aromatic rings. The van der Waals surface area contributed by atoms with Gasteiger partial charge < -0.3 is 4.57 Å². The van der Waals surface area contributed by atoms with Crippen LogP contribution < -0.4 is 0 Å². The van der Waals surface area contributed by atoms with Crippen LogP contribution in [0.15, 0.2) is 152 Å². The SMILES string of the molecule is CC1(C)c2cccc3c4ccccc4c4cccc5c4c4c(c1ccc4n5-c1cc4ccc5ccccc5c4cc1-c1ccccc1)c23.